The molecule has 0 aromatic heterocycles. The molecule has 1 amide bonds. The summed E-state index contributed by atoms with van der Waals surface area (Å²) >= 11 is 1.38. The minimum atomic E-state index is -0.406. The van der Waals surface area contributed by atoms with E-state index in [0.29, 0.717) is 5.56 Å². The molecule has 0 bridgehead atoms. The number of carbonyl (C=O) groups excluding carboxylic acids is 1. The number of hydrogen-bond donors (Lipinski definition) is 1. The quantitative estimate of drug-likeness (QED) is 0.766. The molecule has 2 rings (SSSR count). The first-order valence-corrected chi connectivity index (χ1v) is 4.85. The molecule has 2 N–H and O–H groups in total. The summed E-state index contributed by atoms with van der Waals surface area (Å²) in [4.78, 5) is 12.0. The Hall–Kier alpha value is -1.26. The van der Waals surface area contributed by atoms with Crippen LogP contribution in [0.5, 0.6) is 0 Å². The van der Waals surface area contributed by atoms with Crippen molar-refractivity contribution in [3.63, 3.8) is 0 Å². The maximum atomic E-state index is 10.9. The van der Waals surface area contributed by atoms with Gasteiger partial charge in [-0.2, -0.15) is 0 Å². The number of rotatable bonds is 1. The second-order valence-electron chi connectivity index (χ2n) is 2.82. The van der Waals surface area contributed by atoms with Crippen LogP contribution in [0.1, 0.15) is 15.9 Å². The summed E-state index contributed by atoms with van der Waals surface area (Å²) in [5.41, 5.74) is 6.68. The number of amides is 1. The fourth-order valence-electron chi connectivity index (χ4n) is 1.18. The molecule has 78 valence electrons. The van der Waals surface area contributed by atoms with Crippen LogP contribution in [0.25, 0.3) is 6.08 Å². The Morgan fingerprint density at radius 2 is 2.20 bits per heavy atom. The Kier molecular flexibility index (Phi) is 3.94. The van der Waals surface area contributed by atoms with Crippen LogP contribution >= 0.6 is 24.4 Å². The molecule has 1 aromatic rings. The van der Waals surface area contributed by atoms with Gasteiger partial charge in [0.05, 0.1) is 0 Å². The summed E-state index contributed by atoms with van der Waals surface area (Å²) in [6, 6.07) is 5.34. The van der Waals surface area contributed by atoms with Crippen molar-refractivity contribution in [1.29, 1.82) is 0 Å². The van der Waals surface area contributed by atoms with Gasteiger partial charge in [-0.05, 0) is 29.8 Å². The zero-order valence-electron chi connectivity index (χ0n) is 7.71. The average molecular weight is 241 g/mol. The first-order chi connectivity index (χ1) is 6.77. The number of nitrogens with zero attached hydrogens (tertiary/aromatic N) is 1. The Morgan fingerprint density at radius 1 is 1.40 bits per heavy atom. The van der Waals surface area contributed by atoms with E-state index in [0.717, 1.165) is 10.5 Å². The summed E-state index contributed by atoms with van der Waals surface area (Å²) in [5.74, 6) is -0.406. The summed E-state index contributed by atoms with van der Waals surface area (Å²) in [7, 11) is 0. The Bertz CT molecular complexity index is 443. The van der Waals surface area contributed by atoms with Gasteiger partial charge >= 0.3 is 0 Å². The number of halogens is 1. The summed E-state index contributed by atoms with van der Waals surface area (Å²) in [5, 5.41) is 0. The highest BCUT2D eigenvalue weighted by atomic mass is 35.5. The SMILES string of the molecule is Cl.NC(=O)c1ccc2c(c1)C=CC=NS2. The third-order valence-corrected chi connectivity index (χ3v) is 2.66. The van der Waals surface area contributed by atoms with Gasteiger partial charge in [0.1, 0.15) is 0 Å². The van der Waals surface area contributed by atoms with Crippen LogP contribution in [0.15, 0.2) is 33.6 Å². The van der Waals surface area contributed by atoms with E-state index in [2.05, 4.69) is 4.40 Å². The lowest BCUT2D eigenvalue weighted by atomic mass is 10.1. The van der Waals surface area contributed by atoms with Crippen molar-refractivity contribution < 1.29 is 4.79 Å². The van der Waals surface area contributed by atoms with E-state index in [1.54, 1.807) is 18.3 Å². The highest BCUT2D eigenvalue weighted by Crippen LogP contribution is 2.27. The van der Waals surface area contributed by atoms with Gasteiger partial charge in [-0.15, -0.1) is 12.4 Å². The van der Waals surface area contributed by atoms with Gasteiger partial charge in [0.25, 0.3) is 0 Å². The second kappa shape index (κ2) is 5.00. The first-order valence-electron chi connectivity index (χ1n) is 4.08. The van der Waals surface area contributed by atoms with E-state index in [1.807, 2.05) is 18.2 Å². The van der Waals surface area contributed by atoms with Crippen molar-refractivity contribution in [1.82, 2.24) is 0 Å². The predicted molar refractivity (Wildman–Crippen MR) is 65.6 cm³/mol. The average Bonchev–Trinajstić information content (AvgIpc) is 2.41. The maximum Gasteiger partial charge on any atom is 0.248 e. The first kappa shape index (κ1) is 11.8. The van der Waals surface area contributed by atoms with E-state index >= 15 is 0 Å². The zero-order valence-corrected chi connectivity index (χ0v) is 9.35. The van der Waals surface area contributed by atoms with Crippen molar-refractivity contribution in [2.75, 3.05) is 0 Å². The zero-order chi connectivity index (χ0) is 9.97. The Balaban J connectivity index is 0.00000112. The Morgan fingerprint density at radius 3 is 2.93 bits per heavy atom. The second-order valence-corrected chi connectivity index (χ2v) is 3.65. The third kappa shape index (κ3) is 2.61. The molecule has 0 fully saturated rings. The fourth-order valence-corrected chi connectivity index (χ4v) is 1.79. The molecule has 0 spiro atoms. The summed E-state index contributed by atoms with van der Waals surface area (Å²) in [6.45, 7) is 0. The van der Waals surface area contributed by atoms with Gasteiger partial charge in [0.2, 0.25) is 5.91 Å². The molecule has 0 radical (unpaired) electrons. The van der Waals surface area contributed by atoms with Gasteiger partial charge in [-0.3, -0.25) is 4.79 Å². The van der Waals surface area contributed by atoms with Crippen LogP contribution in [0.4, 0.5) is 0 Å². The minimum Gasteiger partial charge on any atom is -0.366 e. The van der Waals surface area contributed by atoms with Crippen molar-refractivity contribution in [3.05, 3.63) is 35.4 Å². The monoisotopic (exact) mass is 240 g/mol. The molecule has 0 unspecified atom stereocenters. The molecule has 0 atom stereocenters. The van der Waals surface area contributed by atoms with Crippen molar-refractivity contribution >= 4 is 42.6 Å². The van der Waals surface area contributed by atoms with Crippen molar-refractivity contribution in [3.8, 4) is 0 Å². The lowest BCUT2D eigenvalue weighted by Gasteiger charge is -2.02. The van der Waals surface area contributed by atoms with E-state index in [9.17, 15) is 4.79 Å². The van der Waals surface area contributed by atoms with Gasteiger partial charge in [0, 0.05) is 28.6 Å². The van der Waals surface area contributed by atoms with Gasteiger partial charge in [-0.1, -0.05) is 6.08 Å². The topological polar surface area (TPSA) is 55.5 Å². The number of hydrogen-bond acceptors (Lipinski definition) is 3. The normalized spacial score (nSPS) is 12.5. The molecule has 3 nitrogen and oxygen atoms in total. The van der Waals surface area contributed by atoms with E-state index < -0.39 is 5.91 Å². The van der Waals surface area contributed by atoms with Crippen molar-refractivity contribution in [2.24, 2.45) is 10.1 Å². The number of carbonyl (C=O) groups is 1. The van der Waals surface area contributed by atoms with Crippen LogP contribution in [0, 0.1) is 0 Å². The maximum absolute atomic E-state index is 10.9. The number of fused-ring (bicyclic) bond motifs is 1. The summed E-state index contributed by atoms with van der Waals surface area (Å²) in [6.07, 6.45) is 5.46. The lowest BCUT2D eigenvalue weighted by Crippen LogP contribution is -2.10. The number of benzene rings is 1. The molecule has 5 heteroatoms. The number of nitrogens with two attached hydrogens (primary N) is 1. The molecule has 0 saturated carbocycles. The van der Waals surface area contributed by atoms with Crippen molar-refractivity contribution in [2.45, 2.75) is 4.90 Å². The standard InChI is InChI=1S/C10H8N2OS.ClH/c11-10(13)8-3-4-9-7(6-8)2-1-5-12-14-9;/h1-6H,(H2,11,13);1H. The van der Waals surface area contributed by atoms with E-state index in [-0.39, 0.29) is 12.4 Å². The van der Waals surface area contributed by atoms with Gasteiger partial charge < -0.3 is 5.73 Å². The Labute approximate surface area is 98.0 Å². The lowest BCUT2D eigenvalue weighted by molar-refractivity contribution is 0.1000. The van der Waals surface area contributed by atoms with Crippen LogP contribution < -0.4 is 5.73 Å². The van der Waals surface area contributed by atoms with Gasteiger partial charge in [-0.25, -0.2) is 4.40 Å². The molecule has 1 aromatic carbocycles. The smallest absolute Gasteiger partial charge is 0.248 e. The molecule has 1 heterocycles. The van der Waals surface area contributed by atoms with Gasteiger partial charge in [0.15, 0.2) is 0 Å². The highest BCUT2D eigenvalue weighted by molar-refractivity contribution is 7.98. The van der Waals surface area contributed by atoms with Crippen LogP contribution in [0.2, 0.25) is 0 Å². The third-order valence-electron chi connectivity index (χ3n) is 1.87. The van der Waals surface area contributed by atoms with Crippen LogP contribution in [0.3, 0.4) is 0 Å². The van der Waals surface area contributed by atoms with Crippen LogP contribution in [-0.4, -0.2) is 12.1 Å². The van der Waals surface area contributed by atoms with E-state index in [4.69, 9.17) is 5.73 Å². The largest absolute Gasteiger partial charge is 0.366 e. The molecule has 1 aliphatic heterocycles. The molecule has 1 aliphatic rings. The molecular formula is C10H9ClN2OS. The summed E-state index contributed by atoms with van der Waals surface area (Å²) < 4.78 is 4.08. The number of primary amides is 1. The minimum absolute atomic E-state index is 0. The predicted octanol–water partition coefficient (Wildman–Crippen LogP) is 2.31. The molecule has 0 aliphatic carbocycles. The van der Waals surface area contributed by atoms with Crippen LogP contribution in [-0.2, 0) is 0 Å². The van der Waals surface area contributed by atoms with E-state index in [1.165, 1.54) is 11.9 Å². The fraction of sp³-hybridized carbons (Fsp3) is 0. The number of allylic oxidation sites excluding steroid dienone is 1. The molecule has 15 heavy (non-hydrogen) atoms. The molecular weight excluding hydrogens is 232 g/mol. The highest BCUT2D eigenvalue weighted by Gasteiger charge is 2.06. The molecule has 0 saturated heterocycles.